The Morgan fingerprint density at radius 1 is 1.10 bits per heavy atom. The molecular weight excluding hydrogens is 477 g/mol. The maximum absolute atomic E-state index is 5.73. The number of piperidine rings is 1. The third-order valence-corrected chi connectivity index (χ3v) is 5.30. The molecule has 29 heavy (non-hydrogen) atoms. The van der Waals surface area contributed by atoms with Crippen molar-refractivity contribution in [2.75, 3.05) is 45.7 Å². The van der Waals surface area contributed by atoms with Gasteiger partial charge in [-0.25, -0.2) is 0 Å². The SMILES string of the molecule is CN=C(NCc1ccc(N(C)C)cc1)NCC(c1ccco1)N1CCCCC1.I. The molecule has 1 aliphatic heterocycles. The van der Waals surface area contributed by atoms with Gasteiger partial charge in [0.15, 0.2) is 5.96 Å². The summed E-state index contributed by atoms with van der Waals surface area (Å²) in [5.41, 5.74) is 2.43. The fourth-order valence-electron chi connectivity index (χ4n) is 3.63. The predicted molar refractivity (Wildman–Crippen MR) is 131 cm³/mol. The molecule has 2 N–H and O–H groups in total. The molecule has 1 aromatic carbocycles. The van der Waals surface area contributed by atoms with Crippen molar-refractivity contribution in [3.63, 3.8) is 0 Å². The third-order valence-electron chi connectivity index (χ3n) is 5.30. The Morgan fingerprint density at radius 3 is 2.41 bits per heavy atom. The fraction of sp³-hybridized carbons (Fsp3) is 0.500. The number of aliphatic imine (C=N–C) groups is 1. The van der Waals surface area contributed by atoms with Gasteiger partial charge < -0.3 is 20.0 Å². The number of furan rings is 1. The van der Waals surface area contributed by atoms with Crippen LogP contribution in [-0.4, -0.2) is 51.6 Å². The first kappa shape index (κ1) is 23.5. The van der Waals surface area contributed by atoms with Gasteiger partial charge in [0, 0.05) is 39.9 Å². The maximum atomic E-state index is 5.73. The molecule has 1 unspecified atom stereocenters. The monoisotopic (exact) mass is 511 g/mol. The van der Waals surface area contributed by atoms with Crippen LogP contribution in [-0.2, 0) is 6.54 Å². The molecule has 1 aliphatic rings. The average Bonchev–Trinajstić information content (AvgIpc) is 3.26. The van der Waals surface area contributed by atoms with E-state index in [0.29, 0.717) is 0 Å². The zero-order chi connectivity index (χ0) is 19.8. The van der Waals surface area contributed by atoms with Crippen LogP contribution in [0.3, 0.4) is 0 Å². The number of nitrogens with zero attached hydrogens (tertiary/aromatic N) is 3. The van der Waals surface area contributed by atoms with E-state index in [2.05, 4.69) is 69.9 Å². The van der Waals surface area contributed by atoms with E-state index in [-0.39, 0.29) is 30.0 Å². The Bertz CT molecular complexity index is 724. The summed E-state index contributed by atoms with van der Waals surface area (Å²) in [4.78, 5) is 9.01. The van der Waals surface area contributed by atoms with Gasteiger partial charge in [0.1, 0.15) is 5.76 Å². The molecule has 6 nitrogen and oxygen atoms in total. The highest BCUT2D eigenvalue weighted by molar-refractivity contribution is 14.0. The van der Waals surface area contributed by atoms with E-state index in [9.17, 15) is 0 Å². The molecule has 160 valence electrons. The van der Waals surface area contributed by atoms with Crippen molar-refractivity contribution in [3.8, 4) is 0 Å². The normalized spacial score (nSPS) is 16.0. The van der Waals surface area contributed by atoms with Gasteiger partial charge in [0.25, 0.3) is 0 Å². The first-order valence-corrected chi connectivity index (χ1v) is 10.2. The van der Waals surface area contributed by atoms with E-state index in [1.165, 1.54) is 30.5 Å². The minimum atomic E-state index is 0. The second kappa shape index (κ2) is 12.1. The molecule has 2 aromatic rings. The van der Waals surface area contributed by atoms with Crippen molar-refractivity contribution in [1.82, 2.24) is 15.5 Å². The lowest BCUT2D eigenvalue weighted by atomic mass is 10.1. The van der Waals surface area contributed by atoms with Crippen LogP contribution in [0.2, 0.25) is 0 Å². The highest BCUT2D eigenvalue weighted by atomic mass is 127. The summed E-state index contributed by atoms with van der Waals surface area (Å²) < 4.78 is 5.73. The molecule has 1 aromatic heterocycles. The summed E-state index contributed by atoms with van der Waals surface area (Å²) in [6.07, 6.45) is 5.60. The second-order valence-corrected chi connectivity index (χ2v) is 7.50. The molecule has 2 heterocycles. The Kier molecular flexibility index (Phi) is 9.80. The van der Waals surface area contributed by atoms with Crippen LogP contribution >= 0.6 is 24.0 Å². The third kappa shape index (κ3) is 6.92. The molecule has 0 aliphatic carbocycles. The summed E-state index contributed by atoms with van der Waals surface area (Å²) in [7, 11) is 5.92. The lowest BCUT2D eigenvalue weighted by molar-refractivity contribution is 0.146. The molecule has 0 amide bonds. The maximum Gasteiger partial charge on any atom is 0.191 e. The van der Waals surface area contributed by atoms with Gasteiger partial charge in [-0.1, -0.05) is 18.6 Å². The highest BCUT2D eigenvalue weighted by Crippen LogP contribution is 2.24. The molecule has 0 bridgehead atoms. The first-order chi connectivity index (χ1) is 13.7. The largest absolute Gasteiger partial charge is 0.468 e. The summed E-state index contributed by atoms with van der Waals surface area (Å²) in [6, 6.07) is 12.8. The number of halogens is 1. The summed E-state index contributed by atoms with van der Waals surface area (Å²) in [5.74, 6) is 1.83. The zero-order valence-electron chi connectivity index (χ0n) is 17.7. The topological polar surface area (TPSA) is 56.0 Å². The van der Waals surface area contributed by atoms with Crippen LogP contribution in [0.1, 0.15) is 36.6 Å². The van der Waals surface area contributed by atoms with E-state index in [0.717, 1.165) is 37.9 Å². The highest BCUT2D eigenvalue weighted by Gasteiger charge is 2.24. The van der Waals surface area contributed by atoms with Crippen LogP contribution < -0.4 is 15.5 Å². The van der Waals surface area contributed by atoms with Gasteiger partial charge in [-0.05, 0) is 55.8 Å². The summed E-state index contributed by atoms with van der Waals surface area (Å²) in [5, 5.41) is 6.90. The molecule has 1 atom stereocenters. The van der Waals surface area contributed by atoms with E-state index in [1.807, 2.05) is 13.1 Å². The number of guanidine groups is 1. The van der Waals surface area contributed by atoms with Crippen LogP contribution in [0.5, 0.6) is 0 Å². The van der Waals surface area contributed by atoms with Crippen molar-refractivity contribution >= 4 is 35.6 Å². The smallest absolute Gasteiger partial charge is 0.191 e. The Labute approximate surface area is 191 Å². The van der Waals surface area contributed by atoms with Crippen LogP contribution in [0.15, 0.2) is 52.1 Å². The van der Waals surface area contributed by atoms with Gasteiger partial charge in [0.2, 0.25) is 0 Å². The molecule has 0 radical (unpaired) electrons. The van der Waals surface area contributed by atoms with E-state index in [1.54, 1.807) is 6.26 Å². The Hall–Kier alpha value is -1.74. The van der Waals surface area contributed by atoms with Crippen molar-refractivity contribution < 1.29 is 4.42 Å². The Morgan fingerprint density at radius 2 is 1.83 bits per heavy atom. The fourth-order valence-corrected chi connectivity index (χ4v) is 3.63. The minimum Gasteiger partial charge on any atom is -0.468 e. The van der Waals surface area contributed by atoms with Crippen molar-refractivity contribution in [2.45, 2.75) is 31.8 Å². The first-order valence-electron chi connectivity index (χ1n) is 10.2. The lowest BCUT2D eigenvalue weighted by Crippen LogP contribution is -2.44. The van der Waals surface area contributed by atoms with Crippen LogP contribution in [0.4, 0.5) is 5.69 Å². The summed E-state index contributed by atoms with van der Waals surface area (Å²) in [6.45, 7) is 3.75. The standard InChI is InChI=1S/C22H33N5O.HI/c1-23-22(24-16-18-9-11-19(12-10-18)26(2)3)25-17-20(21-8-7-15-28-21)27-13-5-4-6-14-27;/h7-12,15,20H,4-6,13-14,16-17H2,1-3H3,(H2,23,24,25);1H. The number of anilines is 1. The second-order valence-electron chi connectivity index (χ2n) is 7.50. The van der Waals surface area contributed by atoms with Gasteiger partial charge in [-0.2, -0.15) is 0 Å². The minimum absolute atomic E-state index is 0. The number of hydrogen-bond acceptors (Lipinski definition) is 4. The van der Waals surface area contributed by atoms with Crippen molar-refractivity contribution in [3.05, 3.63) is 54.0 Å². The van der Waals surface area contributed by atoms with Gasteiger partial charge in [-0.15, -0.1) is 24.0 Å². The predicted octanol–water partition coefficient (Wildman–Crippen LogP) is 3.86. The van der Waals surface area contributed by atoms with E-state index >= 15 is 0 Å². The van der Waals surface area contributed by atoms with Gasteiger partial charge in [-0.3, -0.25) is 9.89 Å². The van der Waals surface area contributed by atoms with Crippen LogP contribution in [0, 0.1) is 0 Å². The number of hydrogen-bond donors (Lipinski definition) is 2. The van der Waals surface area contributed by atoms with Crippen LogP contribution in [0.25, 0.3) is 0 Å². The Balaban J connectivity index is 0.00000300. The molecule has 1 saturated heterocycles. The number of rotatable bonds is 7. The van der Waals surface area contributed by atoms with Gasteiger partial charge in [0.05, 0.1) is 12.3 Å². The van der Waals surface area contributed by atoms with Gasteiger partial charge >= 0.3 is 0 Å². The number of benzene rings is 1. The van der Waals surface area contributed by atoms with Crippen molar-refractivity contribution in [2.24, 2.45) is 4.99 Å². The van der Waals surface area contributed by atoms with E-state index < -0.39 is 0 Å². The molecule has 7 heteroatoms. The lowest BCUT2D eigenvalue weighted by Gasteiger charge is -2.33. The number of nitrogens with one attached hydrogen (secondary N) is 2. The average molecular weight is 511 g/mol. The molecule has 0 spiro atoms. The molecule has 3 rings (SSSR count). The molecular formula is C22H34IN5O. The van der Waals surface area contributed by atoms with E-state index in [4.69, 9.17) is 4.42 Å². The molecule has 1 fully saturated rings. The van der Waals surface area contributed by atoms with Crippen molar-refractivity contribution in [1.29, 1.82) is 0 Å². The molecule has 0 saturated carbocycles. The quantitative estimate of drug-likeness (QED) is 0.336. The zero-order valence-corrected chi connectivity index (χ0v) is 20.1. The summed E-state index contributed by atoms with van der Waals surface area (Å²) >= 11 is 0. The number of likely N-dealkylation sites (tertiary alicyclic amines) is 1.